The van der Waals surface area contributed by atoms with Gasteiger partial charge in [-0.3, -0.25) is 4.98 Å². The minimum Gasteiger partial charge on any atom is -0.495 e. The number of anilines is 1. The molecule has 5 nitrogen and oxygen atoms in total. The Morgan fingerprint density at radius 3 is 2.67 bits per heavy atom. The van der Waals surface area contributed by atoms with Gasteiger partial charge in [-0.1, -0.05) is 17.7 Å². The molecule has 27 heavy (non-hydrogen) atoms. The first-order valence-electron chi connectivity index (χ1n) is 8.58. The van der Waals surface area contributed by atoms with Crippen molar-refractivity contribution in [3.05, 3.63) is 76.8 Å². The van der Waals surface area contributed by atoms with E-state index >= 15 is 0 Å². The highest BCUT2D eigenvalue weighted by Crippen LogP contribution is 2.42. The van der Waals surface area contributed by atoms with Crippen LogP contribution >= 0.6 is 23.8 Å². The predicted octanol–water partition coefficient (Wildman–Crippen LogP) is 4.56. The Balaban J connectivity index is 1.81. The second-order valence-corrected chi connectivity index (χ2v) is 7.21. The molecule has 2 unspecified atom stereocenters. The van der Waals surface area contributed by atoms with Gasteiger partial charge in [0.25, 0.3) is 0 Å². The molecule has 0 aliphatic carbocycles. The number of hydrogen-bond acceptors (Lipinski definition) is 3. The predicted molar refractivity (Wildman–Crippen MR) is 111 cm³/mol. The molecule has 3 aromatic rings. The third-order valence-corrected chi connectivity index (χ3v) is 5.29. The monoisotopic (exact) mass is 398 g/mol. The van der Waals surface area contributed by atoms with E-state index in [2.05, 4.69) is 32.3 Å². The third-order valence-electron chi connectivity index (χ3n) is 4.68. The number of ether oxygens (including phenoxy) is 1. The summed E-state index contributed by atoms with van der Waals surface area (Å²) in [6, 6.07) is 15.6. The summed E-state index contributed by atoms with van der Waals surface area (Å²) in [6.07, 6.45) is 1.80. The molecule has 1 aromatic carbocycles. The number of aromatic amines is 1. The number of nitrogens with zero attached hydrogens (tertiary/aromatic N) is 2. The molecule has 1 fully saturated rings. The molecule has 1 aliphatic rings. The SMILES string of the molecule is COc1ccc(N2C(=S)NC(c3ccccn3)C2c2ccc(C)[nH]2)cc1Cl. The van der Waals surface area contributed by atoms with Crippen molar-refractivity contribution in [2.75, 3.05) is 12.0 Å². The van der Waals surface area contributed by atoms with E-state index in [0.717, 1.165) is 22.8 Å². The number of thiocarbonyl (C=S) groups is 1. The van der Waals surface area contributed by atoms with E-state index in [1.54, 1.807) is 13.3 Å². The molecule has 2 atom stereocenters. The van der Waals surface area contributed by atoms with Crippen LogP contribution in [0.25, 0.3) is 0 Å². The van der Waals surface area contributed by atoms with Gasteiger partial charge in [0.1, 0.15) is 11.8 Å². The second kappa shape index (κ2) is 7.21. The number of halogens is 1. The molecule has 3 heterocycles. The summed E-state index contributed by atoms with van der Waals surface area (Å²) in [4.78, 5) is 10.1. The molecular formula is C20H19ClN4OS. The number of aryl methyl sites for hydroxylation is 1. The van der Waals surface area contributed by atoms with Crippen molar-refractivity contribution < 1.29 is 4.74 Å². The fourth-order valence-electron chi connectivity index (χ4n) is 3.45. The standard InChI is InChI=1S/C20H19ClN4OS/c1-12-6-8-16(23-12)19-18(15-5-3-4-10-22-15)24-20(27)25(19)13-7-9-17(26-2)14(21)11-13/h3-11,18-19,23H,1-2H3,(H,24,27). The van der Waals surface area contributed by atoms with Crippen molar-refractivity contribution in [1.29, 1.82) is 0 Å². The van der Waals surface area contributed by atoms with Gasteiger partial charge in [-0.25, -0.2) is 0 Å². The van der Waals surface area contributed by atoms with Crippen LogP contribution in [0.15, 0.2) is 54.7 Å². The summed E-state index contributed by atoms with van der Waals surface area (Å²) >= 11 is 12.1. The topological polar surface area (TPSA) is 53.2 Å². The lowest BCUT2D eigenvalue weighted by Gasteiger charge is -2.27. The Hall–Kier alpha value is -2.57. The van der Waals surface area contributed by atoms with Gasteiger partial charge in [0.2, 0.25) is 0 Å². The summed E-state index contributed by atoms with van der Waals surface area (Å²) in [6.45, 7) is 2.04. The highest BCUT2D eigenvalue weighted by Gasteiger charge is 2.41. The molecule has 1 aliphatic heterocycles. The maximum absolute atomic E-state index is 6.37. The van der Waals surface area contributed by atoms with E-state index in [0.29, 0.717) is 15.9 Å². The van der Waals surface area contributed by atoms with Crippen molar-refractivity contribution >= 4 is 34.6 Å². The minimum atomic E-state index is -0.0855. The van der Waals surface area contributed by atoms with E-state index < -0.39 is 0 Å². The Bertz CT molecular complexity index is 975. The van der Waals surface area contributed by atoms with E-state index in [9.17, 15) is 0 Å². The average Bonchev–Trinajstić information content (AvgIpc) is 3.25. The Labute approximate surface area is 168 Å². The van der Waals surface area contributed by atoms with Crippen LogP contribution in [-0.4, -0.2) is 22.2 Å². The van der Waals surface area contributed by atoms with Crippen molar-refractivity contribution in [1.82, 2.24) is 15.3 Å². The van der Waals surface area contributed by atoms with Crippen molar-refractivity contribution in [2.45, 2.75) is 19.0 Å². The zero-order valence-electron chi connectivity index (χ0n) is 14.9. The molecule has 0 radical (unpaired) electrons. The summed E-state index contributed by atoms with van der Waals surface area (Å²) in [5.74, 6) is 0.632. The van der Waals surface area contributed by atoms with Crippen LogP contribution in [0.4, 0.5) is 5.69 Å². The van der Waals surface area contributed by atoms with Crippen molar-refractivity contribution in [3.8, 4) is 5.75 Å². The smallest absolute Gasteiger partial charge is 0.174 e. The maximum Gasteiger partial charge on any atom is 0.174 e. The lowest BCUT2D eigenvalue weighted by molar-refractivity contribution is 0.415. The van der Waals surface area contributed by atoms with E-state index in [1.165, 1.54) is 0 Å². The van der Waals surface area contributed by atoms with Crippen LogP contribution < -0.4 is 15.0 Å². The van der Waals surface area contributed by atoms with E-state index in [4.69, 9.17) is 28.6 Å². The quantitative estimate of drug-likeness (QED) is 0.631. The van der Waals surface area contributed by atoms with Crippen LogP contribution in [0.5, 0.6) is 5.75 Å². The molecule has 2 aromatic heterocycles. The highest BCUT2D eigenvalue weighted by molar-refractivity contribution is 7.80. The number of pyridine rings is 1. The number of hydrogen-bond donors (Lipinski definition) is 2. The molecule has 7 heteroatoms. The summed E-state index contributed by atoms with van der Waals surface area (Å²) < 4.78 is 5.28. The Morgan fingerprint density at radius 2 is 2.04 bits per heavy atom. The zero-order chi connectivity index (χ0) is 19.0. The van der Waals surface area contributed by atoms with Gasteiger partial charge in [-0.2, -0.15) is 0 Å². The van der Waals surface area contributed by atoms with Gasteiger partial charge >= 0.3 is 0 Å². The number of rotatable bonds is 4. The van der Waals surface area contributed by atoms with Crippen LogP contribution in [-0.2, 0) is 0 Å². The van der Waals surface area contributed by atoms with Crippen LogP contribution in [0.3, 0.4) is 0 Å². The molecule has 0 bridgehead atoms. The molecule has 0 saturated carbocycles. The highest BCUT2D eigenvalue weighted by atomic mass is 35.5. The van der Waals surface area contributed by atoms with Crippen molar-refractivity contribution in [2.24, 2.45) is 0 Å². The van der Waals surface area contributed by atoms with Crippen LogP contribution in [0, 0.1) is 6.92 Å². The van der Waals surface area contributed by atoms with Crippen molar-refractivity contribution in [3.63, 3.8) is 0 Å². The molecule has 138 valence electrons. The number of H-pyrrole nitrogens is 1. The Kier molecular flexibility index (Phi) is 4.76. The fraction of sp³-hybridized carbons (Fsp3) is 0.200. The molecular weight excluding hydrogens is 380 g/mol. The van der Waals surface area contributed by atoms with E-state index in [-0.39, 0.29) is 12.1 Å². The first-order valence-corrected chi connectivity index (χ1v) is 9.37. The fourth-order valence-corrected chi connectivity index (χ4v) is 4.05. The van der Waals surface area contributed by atoms with Crippen LogP contribution in [0.2, 0.25) is 5.02 Å². The summed E-state index contributed by atoms with van der Waals surface area (Å²) in [7, 11) is 1.60. The maximum atomic E-state index is 6.37. The van der Waals surface area contributed by atoms with Gasteiger partial charge in [0.15, 0.2) is 5.11 Å². The first kappa shape index (κ1) is 17.8. The Morgan fingerprint density at radius 1 is 1.19 bits per heavy atom. The van der Waals surface area contributed by atoms with E-state index in [1.807, 2.05) is 43.3 Å². The van der Waals surface area contributed by atoms with Crippen LogP contribution in [0.1, 0.15) is 29.2 Å². The number of benzene rings is 1. The number of methoxy groups -OCH3 is 1. The van der Waals surface area contributed by atoms with Gasteiger partial charge in [-0.15, -0.1) is 0 Å². The van der Waals surface area contributed by atoms with Gasteiger partial charge in [-0.05, 0) is 61.6 Å². The molecule has 1 saturated heterocycles. The molecule has 0 amide bonds. The normalized spacial score (nSPS) is 19.2. The largest absolute Gasteiger partial charge is 0.495 e. The van der Waals surface area contributed by atoms with Gasteiger partial charge < -0.3 is 19.9 Å². The lowest BCUT2D eigenvalue weighted by Crippen LogP contribution is -2.29. The second-order valence-electron chi connectivity index (χ2n) is 6.41. The summed E-state index contributed by atoms with van der Waals surface area (Å²) in [5.41, 5.74) is 3.98. The molecule has 2 N–H and O–H groups in total. The lowest BCUT2D eigenvalue weighted by atomic mass is 10.0. The zero-order valence-corrected chi connectivity index (χ0v) is 16.5. The first-order chi connectivity index (χ1) is 13.1. The minimum absolute atomic E-state index is 0.0782. The third kappa shape index (κ3) is 3.26. The average molecular weight is 399 g/mol. The number of aromatic nitrogens is 2. The number of nitrogens with one attached hydrogen (secondary N) is 2. The molecule has 4 rings (SSSR count). The summed E-state index contributed by atoms with van der Waals surface area (Å²) in [5, 5.41) is 4.60. The van der Waals surface area contributed by atoms with Gasteiger partial charge in [0.05, 0.1) is 23.9 Å². The molecule has 0 spiro atoms. The van der Waals surface area contributed by atoms with Gasteiger partial charge in [0, 0.05) is 23.3 Å².